The number of nitrogens with one attached hydrogen (secondary N) is 2. The summed E-state index contributed by atoms with van der Waals surface area (Å²) in [5.41, 5.74) is 4.95. The third-order valence-corrected chi connectivity index (χ3v) is 6.02. The number of halogens is 3. The first-order valence-corrected chi connectivity index (χ1v) is 11.2. The van der Waals surface area contributed by atoms with Crippen LogP contribution in [0.15, 0.2) is 42.9 Å². The molecule has 0 bridgehead atoms. The number of benzene rings is 1. The second-order valence-electron chi connectivity index (χ2n) is 8.39. The van der Waals surface area contributed by atoms with Crippen LogP contribution in [0.1, 0.15) is 12.8 Å². The van der Waals surface area contributed by atoms with E-state index in [4.69, 9.17) is 9.90 Å². The van der Waals surface area contributed by atoms with E-state index in [0.717, 1.165) is 65.0 Å². The molecular weight excluding hydrogens is 477 g/mol. The minimum atomic E-state index is -5.08. The van der Waals surface area contributed by atoms with E-state index >= 15 is 0 Å². The molecule has 3 N–H and O–H groups in total. The Kier molecular flexibility index (Phi) is 7.20. The molecule has 0 amide bonds. The molecular formula is C23H25F3N8O2. The zero-order valence-electron chi connectivity index (χ0n) is 19.6. The van der Waals surface area contributed by atoms with Crippen molar-refractivity contribution in [2.75, 3.05) is 25.0 Å². The van der Waals surface area contributed by atoms with Crippen LogP contribution in [0.3, 0.4) is 0 Å². The van der Waals surface area contributed by atoms with Crippen molar-refractivity contribution in [1.82, 2.24) is 35.5 Å². The first-order valence-electron chi connectivity index (χ1n) is 11.2. The summed E-state index contributed by atoms with van der Waals surface area (Å²) in [5.74, 6) is -1.85. The summed E-state index contributed by atoms with van der Waals surface area (Å²) >= 11 is 0. The maximum absolute atomic E-state index is 10.6. The van der Waals surface area contributed by atoms with E-state index in [0.29, 0.717) is 6.04 Å². The summed E-state index contributed by atoms with van der Waals surface area (Å²) in [5, 5.41) is 32.3. The first kappa shape index (κ1) is 25.1. The Bertz CT molecular complexity index is 1330. The van der Waals surface area contributed by atoms with Crippen LogP contribution < -0.4 is 10.2 Å². The lowest BCUT2D eigenvalue weighted by Gasteiger charge is -2.32. The van der Waals surface area contributed by atoms with Crippen LogP contribution in [0.5, 0.6) is 0 Å². The molecule has 10 nitrogen and oxygen atoms in total. The van der Waals surface area contributed by atoms with E-state index < -0.39 is 12.1 Å². The largest absolute Gasteiger partial charge is 0.490 e. The number of carboxylic acids is 1. The Morgan fingerprint density at radius 3 is 2.39 bits per heavy atom. The summed E-state index contributed by atoms with van der Waals surface area (Å²) in [6.07, 6.45) is 2.90. The van der Waals surface area contributed by atoms with Crippen molar-refractivity contribution in [2.45, 2.75) is 25.1 Å². The molecule has 0 aliphatic carbocycles. The van der Waals surface area contributed by atoms with Crippen LogP contribution in [0.2, 0.25) is 0 Å². The van der Waals surface area contributed by atoms with Gasteiger partial charge in [-0.2, -0.15) is 23.4 Å². The molecule has 0 atom stereocenters. The number of aryl methyl sites for hydroxylation is 1. The summed E-state index contributed by atoms with van der Waals surface area (Å²) in [6.45, 7) is 2.11. The standard InChI is InChI=1S/C21H24N8.C2HF3O2/c1-28-13-14(11-24-28)16-3-4-17(21-18(16)12-23-27-21)19-5-6-20(26-25-19)29(2)15-7-9-22-10-8-15;3-2(4,5)1(6)7/h3-6,11-13,15,22H,7-10H2,1-2H3,(H,23,27);(H,6,7). The minimum Gasteiger partial charge on any atom is -0.475 e. The summed E-state index contributed by atoms with van der Waals surface area (Å²) in [4.78, 5) is 11.1. The van der Waals surface area contributed by atoms with Crippen molar-refractivity contribution in [3.8, 4) is 22.4 Å². The predicted octanol–water partition coefficient (Wildman–Crippen LogP) is 3.24. The number of alkyl halides is 3. The van der Waals surface area contributed by atoms with Gasteiger partial charge in [-0.15, -0.1) is 10.2 Å². The molecule has 0 unspecified atom stereocenters. The summed E-state index contributed by atoms with van der Waals surface area (Å²) in [6, 6.07) is 8.78. The number of carboxylic acid groups (broad SMARTS) is 1. The molecule has 4 aromatic rings. The molecule has 36 heavy (non-hydrogen) atoms. The van der Waals surface area contributed by atoms with Crippen molar-refractivity contribution in [3.05, 3.63) is 42.9 Å². The average molecular weight is 503 g/mol. The molecule has 0 radical (unpaired) electrons. The smallest absolute Gasteiger partial charge is 0.475 e. The van der Waals surface area contributed by atoms with E-state index in [2.05, 4.69) is 61.0 Å². The maximum atomic E-state index is 10.6. The fourth-order valence-corrected chi connectivity index (χ4v) is 4.10. The zero-order chi connectivity index (χ0) is 25.9. The molecule has 1 aliphatic rings. The topological polar surface area (TPSA) is 125 Å². The van der Waals surface area contributed by atoms with Gasteiger partial charge >= 0.3 is 12.1 Å². The highest BCUT2D eigenvalue weighted by Crippen LogP contribution is 2.33. The highest BCUT2D eigenvalue weighted by atomic mass is 19.4. The number of anilines is 1. The highest BCUT2D eigenvalue weighted by Gasteiger charge is 2.38. The van der Waals surface area contributed by atoms with Crippen molar-refractivity contribution in [3.63, 3.8) is 0 Å². The number of nitrogens with zero attached hydrogens (tertiary/aromatic N) is 6. The molecule has 1 fully saturated rings. The monoisotopic (exact) mass is 502 g/mol. The quantitative estimate of drug-likeness (QED) is 0.389. The number of piperidine rings is 1. The SMILES string of the molecule is CN(c1ccc(-c2ccc(-c3cnn(C)c3)c3cn[nH]c23)nn1)C1CCNCC1.O=C(O)C(F)(F)F. The molecule has 190 valence electrons. The Morgan fingerprint density at radius 2 is 1.81 bits per heavy atom. The normalized spacial score (nSPS) is 14.4. The molecule has 1 aliphatic heterocycles. The van der Waals surface area contributed by atoms with E-state index in [1.165, 1.54) is 0 Å². The van der Waals surface area contributed by atoms with Crippen molar-refractivity contribution in [1.29, 1.82) is 0 Å². The Morgan fingerprint density at radius 1 is 1.11 bits per heavy atom. The lowest BCUT2D eigenvalue weighted by atomic mass is 10.00. The van der Waals surface area contributed by atoms with E-state index in [1.807, 2.05) is 31.7 Å². The molecule has 4 heterocycles. The Balaban J connectivity index is 0.000000384. The van der Waals surface area contributed by atoms with Crippen LogP contribution in [-0.4, -0.2) is 73.6 Å². The second-order valence-corrected chi connectivity index (χ2v) is 8.39. The predicted molar refractivity (Wildman–Crippen MR) is 127 cm³/mol. The van der Waals surface area contributed by atoms with Gasteiger partial charge in [0.05, 0.1) is 23.6 Å². The van der Waals surface area contributed by atoms with E-state index in [1.54, 1.807) is 4.68 Å². The molecule has 0 spiro atoms. The third-order valence-electron chi connectivity index (χ3n) is 6.02. The van der Waals surface area contributed by atoms with Gasteiger partial charge in [-0.05, 0) is 49.7 Å². The number of H-pyrrole nitrogens is 1. The molecule has 0 saturated carbocycles. The van der Waals surface area contributed by atoms with Gasteiger partial charge in [-0.3, -0.25) is 9.78 Å². The fourth-order valence-electron chi connectivity index (χ4n) is 4.10. The van der Waals surface area contributed by atoms with Gasteiger partial charge in [0.2, 0.25) is 0 Å². The number of aliphatic carboxylic acids is 1. The number of hydrogen-bond donors (Lipinski definition) is 3. The van der Waals surface area contributed by atoms with Gasteiger partial charge in [0, 0.05) is 42.8 Å². The summed E-state index contributed by atoms with van der Waals surface area (Å²) < 4.78 is 33.5. The lowest BCUT2D eigenvalue weighted by molar-refractivity contribution is -0.192. The van der Waals surface area contributed by atoms with Crippen LogP contribution in [0.4, 0.5) is 19.0 Å². The Hall–Kier alpha value is -4.00. The van der Waals surface area contributed by atoms with Gasteiger partial charge in [0.15, 0.2) is 5.82 Å². The molecule has 13 heteroatoms. The van der Waals surface area contributed by atoms with Crippen LogP contribution in [0.25, 0.3) is 33.3 Å². The maximum Gasteiger partial charge on any atom is 0.490 e. The average Bonchev–Trinajstić information content (AvgIpc) is 3.53. The first-order chi connectivity index (χ1) is 17.1. The number of fused-ring (bicyclic) bond motifs is 1. The van der Waals surface area contributed by atoms with Gasteiger partial charge in [0.25, 0.3) is 0 Å². The molecule has 1 aromatic carbocycles. The van der Waals surface area contributed by atoms with Gasteiger partial charge in [0.1, 0.15) is 0 Å². The number of hydrogen-bond acceptors (Lipinski definition) is 7. The second kappa shape index (κ2) is 10.3. The number of rotatable bonds is 4. The van der Waals surface area contributed by atoms with Gasteiger partial charge < -0.3 is 15.3 Å². The summed E-state index contributed by atoms with van der Waals surface area (Å²) in [7, 11) is 4.03. The van der Waals surface area contributed by atoms with Crippen molar-refractivity contribution >= 4 is 22.7 Å². The molecule has 5 rings (SSSR count). The van der Waals surface area contributed by atoms with Crippen molar-refractivity contribution in [2.24, 2.45) is 7.05 Å². The zero-order valence-corrected chi connectivity index (χ0v) is 19.6. The highest BCUT2D eigenvalue weighted by molar-refractivity contribution is 6.01. The minimum absolute atomic E-state index is 0.509. The molecule has 3 aromatic heterocycles. The van der Waals surface area contributed by atoms with Gasteiger partial charge in [-0.1, -0.05) is 6.07 Å². The van der Waals surface area contributed by atoms with Crippen LogP contribution in [-0.2, 0) is 11.8 Å². The fraction of sp³-hybridized carbons (Fsp3) is 0.348. The molecule has 1 saturated heterocycles. The number of carbonyl (C=O) groups is 1. The Labute approximate surface area is 204 Å². The van der Waals surface area contributed by atoms with Gasteiger partial charge in [-0.25, -0.2) is 4.79 Å². The van der Waals surface area contributed by atoms with Crippen molar-refractivity contribution < 1.29 is 23.1 Å². The van der Waals surface area contributed by atoms with E-state index in [-0.39, 0.29) is 0 Å². The number of aromatic amines is 1. The lowest BCUT2D eigenvalue weighted by Crippen LogP contribution is -2.41. The third kappa shape index (κ3) is 5.46. The van der Waals surface area contributed by atoms with Crippen LogP contribution >= 0.6 is 0 Å². The number of aromatic nitrogens is 6. The van der Waals surface area contributed by atoms with E-state index in [9.17, 15) is 13.2 Å². The van der Waals surface area contributed by atoms with Crippen LogP contribution in [0, 0.1) is 0 Å².